The summed E-state index contributed by atoms with van der Waals surface area (Å²) in [5.74, 6) is -1.56. The highest BCUT2D eigenvalue weighted by Crippen LogP contribution is 2.44. The zero-order valence-electron chi connectivity index (χ0n) is 19.4. The van der Waals surface area contributed by atoms with Gasteiger partial charge in [0.05, 0.1) is 0 Å². The number of nitrogens with one attached hydrogen (secondary N) is 1. The number of benzene rings is 2. The van der Waals surface area contributed by atoms with Gasteiger partial charge in [0.2, 0.25) is 5.91 Å². The van der Waals surface area contributed by atoms with Crippen LogP contribution in [-0.2, 0) is 14.3 Å². The lowest BCUT2D eigenvalue weighted by Gasteiger charge is -2.31. The predicted molar refractivity (Wildman–Crippen MR) is 126 cm³/mol. The molecule has 3 rings (SSSR count). The predicted octanol–water partition coefficient (Wildman–Crippen LogP) is 4.41. The molecule has 0 bridgehead atoms. The Labute approximate surface area is 194 Å². The zero-order chi connectivity index (χ0) is 24.0. The first kappa shape index (κ1) is 24.3. The summed E-state index contributed by atoms with van der Waals surface area (Å²) in [6.45, 7) is 5.35. The van der Waals surface area contributed by atoms with Crippen molar-refractivity contribution in [3.8, 4) is 11.1 Å². The standard InChI is InChI=1S/C26H32N2O5/c1-4-10-23(25(31)28(15-24(29)30)17(3)5-2)27-26(32)33-16-22-20-13-8-6-11-18(20)19-12-7-9-14-21(19)22/h6-9,11-14,17,22-23H,4-5,10,15-16H2,1-3H3,(H,27,32)(H,29,30)/t17?,23-/m1/s1. The molecular formula is C26H32N2O5. The Morgan fingerprint density at radius 3 is 2.12 bits per heavy atom. The minimum atomic E-state index is -1.08. The van der Waals surface area contributed by atoms with Crippen molar-refractivity contribution in [3.63, 3.8) is 0 Å². The maximum Gasteiger partial charge on any atom is 0.407 e. The van der Waals surface area contributed by atoms with E-state index in [-0.39, 0.29) is 18.6 Å². The maximum absolute atomic E-state index is 13.1. The van der Waals surface area contributed by atoms with Crippen LogP contribution in [0.3, 0.4) is 0 Å². The molecule has 33 heavy (non-hydrogen) atoms. The summed E-state index contributed by atoms with van der Waals surface area (Å²) in [5, 5.41) is 11.9. The maximum atomic E-state index is 13.1. The van der Waals surface area contributed by atoms with Gasteiger partial charge in [-0.05, 0) is 42.0 Å². The van der Waals surface area contributed by atoms with Crippen LogP contribution in [0.5, 0.6) is 0 Å². The van der Waals surface area contributed by atoms with E-state index in [0.29, 0.717) is 19.3 Å². The van der Waals surface area contributed by atoms with Crippen LogP contribution in [0.25, 0.3) is 11.1 Å². The minimum absolute atomic E-state index is 0.0768. The molecule has 7 heteroatoms. The van der Waals surface area contributed by atoms with Crippen LogP contribution in [0, 0.1) is 0 Å². The molecule has 2 N–H and O–H groups in total. The zero-order valence-corrected chi connectivity index (χ0v) is 19.4. The Morgan fingerprint density at radius 2 is 1.61 bits per heavy atom. The first-order chi connectivity index (χ1) is 15.9. The molecule has 0 fully saturated rings. The molecule has 0 heterocycles. The smallest absolute Gasteiger partial charge is 0.407 e. The molecule has 2 aromatic rings. The van der Waals surface area contributed by atoms with Crippen LogP contribution >= 0.6 is 0 Å². The van der Waals surface area contributed by atoms with E-state index in [9.17, 15) is 19.5 Å². The number of hydrogen-bond acceptors (Lipinski definition) is 4. The van der Waals surface area contributed by atoms with Crippen molar-refractivity contribution in [1.29, 1.82) is 0 Å². The van der Waals surface area contributed by atoms with E-state index in [1.54, 1.807) is 6.92 Å². The van der Waals surface area contributed by atoms with E-state index in [1.807, 2.05) is 50.2 Å². The number of carboxylic acid groups (broad SMARTS) is 1. The van der Waals surface area contributed by atoms with E-state index in [1.165, 1.54) is 4.90 Å². The average Bonchev–Trinajstić information content (AvgIpc) is 3.13. The fraction of sp³-hybridized carbons (Fsp3) is 0.423. The van der Waals surface area contributed by atoms with E-state index in [4.69, 9.17) is 4.74 Å². The topological polar surface area (TPSA) is 95.9 Å². The van der Waals surface area contributed by atoms with Gasteiger partial charge < -0.3 is 20.1 Å². The lowest BCUT2D eigenvalue weighted by atomic mass is 9.98. The summed E-state index contributed by atoms with van der Waals surface area (Å²) in [4.78, 5) is 38.4. The van der Waals surface area contributed by atoms with Crippen molar-refractivity contribution in [2.45, 2.75) is 58.0 Å². The first-order valence-electron chi connectivity index (χ1n) is 11.5. The fourth-order valence-electron chi connectivity index (χ4n) is 4.35. The van der Waals surface area contributed by atoms with Crippen molar-refractivity contribution < 1.29 is 24.2 Å². The Hall–Kier alpha value is -3.35. The Balaban J connectivity index is 1.69. The van der Waals surface area contributed by atoms with E-state index in [0.717, 1.165) is 22.3 Å². The van der Waals surface area contributed by atoms with Gasteiger partial charge in [0.25, 0.3) is 0 Å². The van der Waals surface area contributed by atoms with Crippen LogP contribution in [0.1, 0.15) is 57.1 Å². The van der Waals surface area contributed by atoms with Crippen molar-refractivity contribution in [1.82, 2.24) is 10.2 Å². The molecule has 0 saturated carbocycles. The van der Waals surface area contributed by atoms with Gasteiger partial charge in [0.15, 0.2) is 0 Å². The Kier molecular flexibility index (Phi) is 8.09. The highest BCUT2D eigenvalue weighted by molar-refractivity contribution is 5.88. The number of fused-ring (bicyclic) bond motifs is 3. The molecule has 0 aromatic heterocycles. The average molecular weight is 453 g/mol. The molecular weight excluding hydrogens is 420 g/mol. The molecule has 176 valence electrons. The summed E-state index contributed by atoms with van der Waals surface area (Å²) in [6, 6.07) is 15.1. The summed E-state index contributed by atoms with van der Waals surface area (Å²) >= 11 is 0. The quantitative estimate of drug-likeness (QED) is 0.557. The largest absolute Gasteiger partial charge is 0.480 e. The van der Waals surface area contributed by atoms with Crippen LogP contribution in [0.2, 0.25) is 0 Å². The third-order valence-electron chi connectivity index (χ3n) is 6.22. The van der Waals surface area contributed by atoms with Gasteiger partial charge in [-0.1, -0.05) is 68.8 Å². The van der Waals surface area contributed by atoms with E-state index < -0.39 is 30.6 Å². The number of ether oxygens (including phenoxy) is 1. The molecule has 1 aliphatic carbocycles. The van der Waals surface area contributed by atoms with E-state index >= 15 is 0 Å². The SMILES string of the molecule is CCC[C@@H](NC(=O)OCC1c2ccccc2-c2ccccc21)C(=O)N(CC(=O)O)C(C)CC. The van der Waals surface area contributed by atoms with Crippen LogP contribution < -0.4 is 5.32 Å². The fourth-order valence-corrected chi connectivity index (χ4v) is 4.35. The summed E-state index contributed by atoms with van der Waals surface area (Å²) < 4.78 is 5.58. The Bertz CT molecular complexity index is 960. The molecule has 7 nitrogen and oxygen atoms in total. The number of aliphatic carboxylic acids is 1. The highest BCUT2D eigenvalue weighted by atomic mass is 16.5. The lowest BCUT2D eigenvalue weighted by molar-refractivity contribution is -0.147. The van der Waals surface area contributed by atoms with E-state index in [2.05, 4.69) is 17.4 Å². The van der Waals surface area contributed by atoms with Crippen molar-refractivity contribution >= 4 is 18.0 Å². The normalized spacial score (nSPS) is 14.0. The first-order valence-corrected chi connectivity index (χ1v) is 11.5. The molecule has 2 aromatic carbocycles. The number of hydrogen-bond donors (Lipinski definition) is 2. The van der Waals surface area contributed by atoms with Crippen LogP contribution in [0.4, 0.5) is 4.79 Å². The molecule has 0 aliphatic heterocycles. The van der Waals surface area contributed by atoms with Crippen molar-refractivity contribution in [2.24, 2.45) is 0 Å². The molecule has 1 unspecified atom stereocenters. The van der Waals surface area contributed by atoms with Crippen molar-refractivity contribution in [3.05, 3.63) is 59.7 Å². The highest BCUT2D eigenvalue weighted by Gasteiger charge is 2.32. The van der Waals surface area contributed by atoms with Gasteiger partial charge >= 0.3 is 12.1 Å². The second-order valence-corrected chi connectivity index (χ2v) is 8.43. The monoisotopic (exact) mass is 452 g/mol. The number of amides is 2. The number of alkyl carbamates (subject to hydrolysis) is 1. The molecule has 2 amide bonds. The number of nitrogens with zero attached hydrogens (tertiary/aromatic N) is 1. The summed E-state index contributed by atoms with van der Waals surface area (Å²) in [5.41, 5.74) is 4.49. The molecule has 0 saturated heterocycles. The van der Waals surface area contributed by atoms with Gasteiger partial charge in [-0.3, -0.25) is 9.59 Å². The van der Waals surface area contributed by atoms with Gasteiger partial charge in [-0.25, -0.2) is 4.79 Å². The number of carboxylic acids is 1. The third-order valence-corrected chi connectivity index (χ3v) is 6.22. The summed E-state index contributed by atoms with van der Waals surface area (Å²) in [6.07, 6.45) is 0.989. The van der Waals surface area contributed by atoms with Crippen LogP contribution in [-0.4, -0.2) is 53.2 Å². The number of carbonyl (C=O) groups is 3. The second-order valence-electron chi connectivity index (χ2n) is 8.43. The lowest BCUT2D eigenvalue weighted by Crippen LogP contribution is -2.52. The molecule has 1 aliphatic rings. The number of rotatable bonds is 10. The molecule has 0 radical (unpaired) electrons. The van der Waals surface area contributed by atoms with Crippen LogP contribution in [0.15, 0.2) is 48.5 Å². The summed E-state index contributed by atoms with van der Waals surface area (Å²) in [7, 11) is 0. The minimum Gasteiger partial charge on any atom is -0.480 e. The van der Waals surface area contributed by atoms with Gasteiger partial charge in [-0.15, -0.1) is 0 Å². The second kappa shape index (κ2) is 11.0. The Morgan fingerprint density at radius 1 is 1.03 bits per heavy atom. The molecule has 2 atom stereocenters. The van der Waals surface area contributed by atoms with Gasteiger partial charge in [0, 0.05) is 12.0 Å². The number of carbonyl (C=O) groups excluding carboxylic acids is 2. The molecule has 0 spiro atoms. The van der Waals surface area contributed by atoms with Gasteiger partial charge in [0.1, 0.15) is 19.2 Å². The van der Waals surface area contributed by atoms with Gasteiger partial charge in [-0.2, -0.15) is 0 Å². The third kappa shape index (κ3) is 5.53. The van der Waals surface area contributed by atoms with Crippen molar-refractivity contribution in [2.75, 3.05) is 13.2 Å².